The maximum Gasteiger partial charge on any atom is 0.159 e. The monoisotopic (exact) mass is 218 g/mol. The van der Waals surface area contributed by atoms with Gasteiger partial charge in [-0.15, -0.1) is 0 Å². The second-order valence-corrected chi connectivity index (χ2v) is 5.72. The SMILES string of the molecule is C=C(C)C1CCC(C)=C2C(=O)CC(C)C2C1. The lowest BCUT2D eigenvalue weighted by Gasteiger charge is -2.21. The van der Waals surface area contributed by atoms with Crippen molar-refractivity contribution in [3.05, 3.63) is 23.3 Å². The number of hydrogen-bond donors (Lipinski definition) is 0. The van der Waals surface area contributed by atoms with Gasteiger partial charge >= 0.3 is 0 Å². The van der Waals surface area contributed by atoms with Crippen LogP contribution in [0.25, 0.3) is 0 Å². The molecule has 0 aromatic carbocycles. The number of ketones is 1. The molecule has 0 amide bonds. The van der Waals surface area contributed by atoms with Gasteiger partial charge in [0.15, 0.2) is 5.78 Å². The zero-order valence-corrected chi connectivity index (χ0v) is 10.7. The highest BCUT2D eigenvalue weighted by molar-refractivity contribution is 5.99. The highest BCUT2D eigenvalue weighted by Crippen LogP contribution is 2.44. The Hall–Kier alpha value is -0.850. The van der Waals surface area contributed by atoms with Crippen LogP contribution < -0.4 is 0 Å². The summed E-state index contributed by atoms with van der Waals surface area (Å²) < 4.78 is 0. The van der Waals surface area contributed by atoms with Gasteiger partial charge in [-0.25, -0.2) is 0 Å². The molecule has 0 aliphatic heterocycles. The minimum absolute atomic E-state index is 0.414. The van der Waals surface area contributed by atoms with Gasteiger partial charge < -0.3 is 0 Å². The quantitative estimate of drug-likeness (QED) is 0.610. The molecule has 0 N–H and O–H groups in total. The molecule has 16 heavy (non-hydrogen) atoms. The van der Waals surface area contributed by atoms with Gasteiger partial charge in [0, 0.05) is 6.42 Å². The fraction of sp³-hybridized carbons (Fsp3) is 0.667. The van der Waals surface area contributed by atoms with Crippen molar-refractivity contribution in [1.82, 2.24) is 0 Å². The Morgan fingerprint density at radius 1 is 1.44 bits per heavy atom. The molecule has 0 aromatic heterocycles. The van der Waals surface area contributed by atoms with Crippen LogP contribution in [-0.4, -0.2) is 5.78 Å². The molecule has 0 saturated heterocycles. The highest BCUT2D eigenvalue weighted by atomic mass is 16.1. The summed E-state index contributed by atoms with van der Waals surface area (Å²) in [7, 11) is 0. The molecule has 0 heterocycles. The number of fused-ring (bicyclic) bond motifs is 1. The molecule has 88 valence electrons. The van der Waals surface area contributed by atoms with Crippen molar-refractivity contribution in [2.45, 2.75) is 46.5 Å². The molecule has 2 rings (SSSR count). The molecule has 0 spiro atoms. The minimum atomic E-state index is 0.414. The van der Waals surface area contributed by atoms with E-state index in [0.717, 1.165) is 19.3 Å². The highest BCUT2D eigenvalue weighted by Gasteiger charge is 2.38. The van der Waals surface area contributed by atoms with Crippen LogP contribution in [0.5, 0.6) is 0 Å². The van der Waals surface area contributed by atoms with Gasteiger partial charge in [-0.3, -0.25) is 4.79 Å². The average molecular weight is 218 g/mol. The molecule has 3 unspecified atom stereocenters. The Balaban J connectivity index is 2.31. The van der Waals surface area contributed by atoms with E-state index < -0.39 is 0 Å². The van der Waals surface area contributed by atoms with Gasteiger partial charge in [-0.1, -0.05) is 24.6 Å². The molecule has 2 aliphatic rings. The molecule has 1 nitrogen and oxygen atoms in total. The molecule has 3 atom stereocenters. The summed E-state index contributed by atoms with van der Waals surface area (Å²) in [5, 5.41) is 0. The summed E-state index contributed by atoms with van der Waals surface area (Å²) in [5.41, 5.74) is 3.82. The summed E-state index contributed by atoms with van der Waals surface area (Å²) in [4.78, 5) is 12.0. The molecule has 0 aromatic rings. The van der Waals surface area contributed by atoms with E-state index in [4.69, 9.17) is 0 Å². The van der Waals surface area contributed by atoms with E-state index in [2.05, 4.69) is 27.4 Å². The van der Waals surface area contributed by atoms with E-state index in [1.54, 1.807) is 0 Å². The Kier molecular flexibility index (Phi) is 3.05. The topological polar surface area (TPSA) is 17.1 Å². The molecular formula is C15H22O. The molecule has 1 fully saturated rings. The van der Waals surface area contributed by atoms with Gasteiger partial charge in [0.1, 0.15) is 0 Å². The van der Waals surface area contributed by atoms with Gasteiger partial charge in [-0.05, 0) is 56.4 Å². The van der Waals surface area contributed by atoms with Crippen molar-refractivity contribution < 1.29 is 4.79 Å². The van der Waals surface area contributed by atoms with E-state index in [-0.39, 0.29) is 0 Å². The number of carbonyl (C=O) groups excluding carboxylic acids is 1. The van der Waals surface area contributed by atoms with Crippen molar-refractivity contribution in [3.63, 3.8) is 0 Å². The first kappa shape index (κ1) is 11.6. The molecular weight excluding hydrogens is 196 g/mol. The normalized spacial score (nSPS) is 34.9. The third-order valence-electron chi connectivity index (χ3n) is 4.43. The Morgan fingerprint density at radius 2 is 2.12 bits per heavy atom. The second kappa shape index (κ2) is 4.20. The molecule has 1 heteroatoms. The predicted octanol–water partition coefficient (Wildman–Crippen LogP) is 3.90. The third kappa shape index (κ3) is 1.88. The number of carbonyl (C=O) groups is 1. The second-order valence-electron chi connectivity index (χ2n) is 5.72. The van der Waals surface area contributed by atoms with Crippen molar-refractivity contribution >= 4 is 5.78 Å². The predicted molar refractivity (Wildman–Crippen MR) is 67.1 cm³/mol. The fourth-order valence-electron chi connectivity index (χ4n) is 3.34. The van der Waals surface area contributed by atoms with Crippen LogP contribution >= 0.6 is 0 Å². The zero-order valence-electron chi connectivity index (χ0n) is 10.7. The van der Waals surface area contributed by atoms with Crippen molar-refractivity contribution in [1.29, 1.82) is 0 Å². The largest absolute Gasteiger partial charge is 0.295 e. The summed E-state index contributed by atoms with van der Waals surface area (Å²) >= 11 is 0. The number of rotatable bonds is 1. The lowest BCUT2D eigenvalue weighted by atomic mass is 9.83. The van der Waals surface area contributed by atoms with E-state index >= 15 is 0 Å². The van der Waals surface area contributed by atoms with Crippen LogP contribution in [0, 0.1) is 17.8 Å². The maximum absolute atomic E-state index is 12.0. The first-order valence-electron chi connectivity index (χ1n) is 6.39. The van der Waals surface area contributed by atoms with Crippen molar-refractivity contribution in [2.24, 2.45) is 17.8 Å². The summed E-state index contributed by atoms with van der Waals surface area (Å²) in [6.07, 6.45) is 4.18. The van der Waals surface area contributed by atoms with E-state index in [1.807, 2.05) is 0 Å². The molecule has 0 bridgehead atoms. The molecule has 1 saturated carbocycles. The average Bonchev–Trinajstić information content (AvgIpc) is 2.39. The standard InChI is InChI=1S/C15H22O/c1-9(2)12-6-5-10(3)15-13(8-12)11(4)7-14(15)16/h11-13H,1,5-8H2,2-4H3. The van der Waals surface area contributed by atoms with Crippen molar-refractivity contribution in [3.8, 4) is 0 Å². The number of hydrogen-bond acceptors (Lipinski definition) is 1. The summed E-state index contributed by atoms with van der Waals surface area (Å²) in [6.45, 7) is 10.6. The third-order valence-corrected chi connectivity index (χ3v) is 4.43. The summed E-state index contributed by atoms with van der Waals surface area (Å²) in [6, 6.07) is 0. The maximum atomic E-state index is 12.0. The zero-order chi connectivity index (χ0) is 11.9. The summed E-state index contributed by atoms with van der Waals surface area (Å²) in [5.74, 6) is 2.08. The van der Waals surface area contributed by atoms with Gasteiger partial charge in [0.25, 0.3) is 0 Å². The van der Waals surface area contributed by atoms with E-state index in [0.29, 0.717) is 23.5 Å². The first-order chi connectivity index (χ1) is 7.50. The van der Waals surface area contributed by atoms with Gasteiger partial charge in [0.05, 0.1) is 0 Å². The van der Waals surface area contributed by atoms with Crippen LogP contribution in [0.1, 0.15) is 46.5 Å². The first-order valence-corrected chi connectivity index (χ1v) is 6.39. The lowest BCUT2D eigenvalue weighted by Crippen LogP contribution is -2.12. The van der Waals surface area contributed by atoms with Gasteiger partial charge in [-0.2, -0.15) is 0 Å². The fourth-order valence-corrected chi connectivity index (χ4v) is 3.34. The Morgan fingerprint density at radius 3 is 2.75 bits per heavy atom. The van der Waals surface area contributed by atoms with Crippen molar-refractivity contribution in [2.75, 3.05) is 0 Å². The number of allylic oxidation sites excluding steroid dienone is 3. The van der Waals surface area contributed by atoms with Gasteiger partial charge in [0.2, 0.25) is 0 Å². The van der Waals surface area contributed by atoms with E-state index in [9.17, 15) is 4.79 Å². The molecule has 2 aliphatic carbocycles. The van der Waals surface area contributed by atoms with Crippen LogP contribution in [0.3, 0.4) is 0 Å². The minimum Gasteiger partial charge on any atom is -0.295 e. The van der Waals surface area contributed by atoms with Crippen LogP contribution in [0.2, 0.25) is 0 Å². The molecule has 0 radical (unpaired) electrons. The van der Waals surface area contributed by atoms with Crippen LogP contribution in [0.15, 0.2) is 23.3 Å². The smallest absolute Gasteiger partial charge is 0.159 e. The Labute approximate surface area is 98.6 Å². The van der Waals surface area contributed by atoms with Crippen LogP contribution in [-0.2, 0) is 4.79 Å². The lowest BCUT2D eigenvalue weighted by molar-refractivity contribution is -0.114. The number of Topliss-reactive ketones (excluding diaryl/α,β-unsaturated/α-hetero) is 1. The van der Waals surface area contributed by atoms with E-state index in [1.165, 1.54) is 23.1 Å². The van der Waals surface area contributed by atoms with Crippen LogP contribution in [0.4, 0.5) is 0 Å². The Bertz CT molecular complexity index is 362.